The first-order valence-electron chi connectivity index (χ1n) is 8.03. The second-order valence-electron chi connectivity index (χ2n) is 5.96. The Bertz CT molecular complexity index is 689. The quantitative estimate of drug-likeness (QED) is 0.684. The highest BCUT2D eigenvalue weighted by atomic mass is 16.4. The molecule has 2 rings (SSSR count). The molecule has 1 heterocycles. The number of hydrazone groups is 1. The van der Waals surface area contributed by atoms with Crippen molar-refractivity contribution in [2.75, 3.05) is 5.01 Å². The zero-order valence-electron chi connectivity index (χ0n) is 14.0. The first kappa shape index (κ1) is 18.4. The number of amides is 1. The SMILES string of the molecule is CC[C@H](C)[C@H](NC(=O)C1=NN(c2ccccc2)C(C(=O)O)C1)C(=O)O. The minimum atomic E-state index is -1.13. The number of rotatable bonds is 7. The standard InChI is InChI=1S/C17H21N3O5/c1-3-10(2)14(17(24)25)18-15(21)12-9-13(16(22)23)20(19-12)11-7-5-4-6-8-11/h4-8,10,13-14H,3,9H2,1-2H3,(H,18,21)(H,22,23)(H,24,25)/t10-,13?,14-/m0/s1. The lowest BCUT2D eigenvalue weighted by atomic mass is 9.99. The van der Waals surface area contributed by atoms with E-state index in [1.54, 1.807) is 37.3 Å². The molecule has 0 aliphatic carbocycles. The molecule has 1 aliphatic rings. The maximum absolute atomic E-state index is 12.4. The second-order valence-corrected chi connectivity index (χ2v) is 5.96. The summed E-state index contributed by atoms with van der Waals surface area (Å²) >= 11 is 0. The molecule has 0 aromatic heterocycles. The van der Waals surface area contributed by atoms with Crippen LogP contribution in [0.5, 0.6) is 0 Å². The van der Waals surface area contributed by atoms with Crippen LogP contribution in [0.3, 0.4) is 0 Å². The molecule has 0 fully saturated rings. The number of anilines is 1. The van der Waals surface area contributed by atoms with Crippen molar-refractivity contribution in [3.63, 3.8) is 0 Å². The van der Waals surface area contributed by atoms with Crippen LogP contribution in [0.1, 0.15) is 26.7 Å². The molecule has 25 heavy (non-hydrogen) atoms. The fourth-order valence-corrected chi connectivity index (χ4v) is 2.57. The molecule has 134 valence electrons. The van der Waals surface area contributed by atoms with E-state index in [-0.39, 0.29) is 18.1 Å². The van der Waals surface area contributed by atoms with Gasteiger partial charge in [0.05, 0.1) is 5.69 Å². The molecule has 0 saturated heterocycles. The second kappa shape index (κ2) is 7.78. The zero-order valence-corrected chi connectivity index (χ0v) is 14.0. The average Bonchev–Trinajstić information content (AvgIpc) is 3.05. The van der Waals surface area contributed by atoms with E-state index in [2.05, 4.69) is 10.4 Å². The van der Waals surface area contributed by atoms with Gasteiger partial charge in [0.15, 0.2) is 6.04 Å². The molecule has 3 N–H and O–H groups in total. The topological polar surface area (TPSA) is 119 Å². The fourth-order valence-electron chi connectivity index (χ4n) is 2.57. The van der Waals surface area contributed by atoms with Gasteiger partial charge in [0.2, 0.25) is 0 Å². The van der Waals surface area contributed by atoms with Crippen molar-refractivity contribution in [1.82, 2.24) is 5.32 Å². The number of hydrogen-bond donors (Lipinski definition) is 3. The van der Waals surface area contributed by atoms with Crippen LogP contribution < -0.4 is 10.3 Å². The summed E-state index contributed by atoms with van der Waals surface area (Å²) in [7, 11) is 0. The van der Waals surface area contributed by atoms with Gasteiger partial charge in [-0.1, -0.05) is 38.5 Å². The maximum Gasteiger partial charge on any atom is 0.328 e. The van der Waals surface area contributed by atoms with Gasteiger partial charge in [-0.25, -0.2) is 9.59 Å². The van der Waals surface area contributed by atoms with E-state index >= 15 is 0 Å². The number of para-hydroxylation sites is 1. The highest BCUT2D eigenvalue weighted by Gasteiger charge is 2.37. The summed E-state index contributed by atoms with van der Waals surface area (Å²) in [5.41, 5.74) is 0.556. The Labute approximate surface area is 145 Å². The van der Waals surface area contributed by atoms with Crippen LogP contribution in [0.15, 0.2) is 35.4 Å². The molecular formula is C17H21N3O5. The van der Waals surface area contributed by atoms with Gasteiger partial charge in [0.25, 0.3) is 5.91 Å². The minimum Gasteiger partial charge on any atom is -0.480 e. The van der Waals surface area contributed by atoms with Gasteiger partial charge in [-0.2, -0.15) is 5.10 Å². The van der Waals surface area contributed by atoms with E-state index in [9.17, 15) is 24.6 Å². The number of nitrogens with zero attached hydrogens (tertiary/aromatic N) is 2. The number of hydrogen-bond acceptors (Lipinski definition) is 5. The lowest BCUT2D eigenvalue weighted by Crippen LogP contribution is -2.47. The van der Waals surface area contributed by atoms with Crippen LogP contribution in [-0.4, -0.2) is 45.9 Å². The third-order valence-electron chi connectivity index (χ3n) is 4.24. The molecule has 0 saturated carbocycles. The Kier molecular flexibility index (Phi) is 5.74. The summed E-state index contributed by atoms with van der Waals surface area (Å²) in [5.74, 6) is -3.15. The molecule has 0 bridgehead atoms. The molecule has 3 atom stereocenters. The molecule has 8 heteroatoms. The van der Waals surface area contributed by atoms with Crippen molar-refractivity contribution in [1.29, 1.82) is 0 Å². The molecule has 1 aromatic carbocycles. The molecule has 8 nitrogen and oxygen atoms in total. The summed E-state index contributed by atoms with van der Waals surface area (Å²) in [6.07, 6.45) is 0.487. The van der Waals surface area contributed by atoms with E-state index in [1.165, 1.54) is 5.01 Å². The Hall–Kier alpha value is -2.90. The van der Waals surface area contributed by atoms with Gasteiger partial charge >= 0.3 is 11.9 Å². The van der Waals surface area contributed by atoms with E-state index in [0.717, 1.165) is 0 Å². The lowest BCUT2D eigenvalue weighted by molar-refractivity contribution is -0.142. The van der Waals surface area contributed by atoms with Gasteiger partial charge in [0, 0.05) is 6.42 Å². The van der Waals surface area contributed by atoms with Gasteiger partial charge < -0.3 is 15.5 Å². The van der Waals surface area contributed by atoms with Crippen LogP contribution in [0, 0.1) is 5.92 Å². The Morgan fingerprint density at radius 1 is 1.28 bits per heavy atom. The summed E-state index contributed by atoms with van der Waals surface area (Å²) in [6, 6.07) is 6.61. The maximum atomic E-state index is 12.4. The van der Waals surface area contributed by atoms with E-state index in [4.69, 9.17) is 0 Å². The first-order valence-corrected chi connectivity index (χ1v) is 8.03. The van der Waals surface area contributed by atoms with Crippen LogP contribution in [-0.2, 0) is 14.4 Å². The normalized spacial score (nSPS) is 19.0. The Morgan fingerprint density at radius 2 is 1.92 bits per heavy atom. The summed E-state index contributed by atoms with van der Waals surface area (Å²) in [6.45, 7) is 3.56. The van der Waals surface area contributed by atoms with Crippen molar-refractivity contribution in [3.05, 3.63) is 30.3 Å². The van der Waals surface area contributed by atoms with Crippen LogP contribution in [0.2, 0.25) is 0 Å². The molecular weight excluding hydrogens is 326 g/mol. The number of aliphatic carboxylic acids is 2. The summed E-state index contributed by atoms with van der Waals surface area (Å²) in [5, 5.41) is 26.5. The van der Waals surface area contributed by atoms with E-state index < -0.39 is 29.9 Å². The Morgan fingerprint density at radius 3 is 2.44 bits per heavy atom. The molecule has 0 radical (unpaired) electrons. The number of nitrogens with one attached hydrogen (secondary N) is 1. The van der Waals surface area contributed by atoms with E-state index in [1.807, 2.05) is 6.92 Å². The van der Waals surface area contributed by atoms with Gasteiger partial charge in [-0.15, -0.1) is 0 Å². The summed E-state index contributed by atoms with van der Waals surface area (Å²) in [4.78, 5) is 35.2. The van der Waals surface area contributed by atoms with Crippen LogP contribution in [0.4, 0.5) is 5.69 Å². The van der Waals surface area contributed by atoms with Crippen molar-refractivity contribution >= 4 is 29.2 Å². The number of carboxylic acids is 2. The molecule has 0 spiro atoms. The number of carbonyl (C=O) groups is 3. The van der Waals surface area contributed by atoms with Gasteiger partial charge in [-0.3, -0.25) is 9.80 Å². The van der Waals surface area contributed by atoms with Crippen molar-refractivity contribution in [2.45, 2.75) is 38.8 Å². The third kappa shape index (κ3) is 4.14. The predicted octanol–water partition coefficient (Wildman–Crippen LogP) is 1.32. The third-order valence-corrected chi connectivity index (χ3v) is 4.24. The average molecular weight is 347 g/mol. The number of carbonyl (C=O) groups excluding carboxylic acids is 1. The smallest absolute Gasteiger partial charge is 0.328 e. The number of carboxylic acid groups (broad SMARTS) is 2. The lowest BCUT2D eigenvalue weighted by Gasteiger charge is -2.19. The van der Waals surface area contributed by atoms with E-state index in [0.29, 0.717) is 12.1 Å². The molecule has 1 aromatic rings. The molecule has 1 amide bonds. The molecule has 1 aliphatic heterocycles. The van der Waals surface area contributed by atoms with Crippen LogP contribution in [0.25, 0.3) is 0 Å². The van der Waals surface area contributed by atoms with Crippen molar-refractivity contribution < 1.29 is 24.6 Å². The zero-order chi connectivity index (χ0) is 18.6. The van der Waals surface area contributed by atoms with Gasteiger partial charge in [0.1, 0.15) is 11.8 Å². The predicted molar refractivity (Wildman–Crippen MR) is 91.4 cm³/mol. The molecule has 1 unspecified atom stereocenters. The fraction of sp³-hybridized carbons (Fsp3) is 0.412. The summed E-state index contributed by atoms with van der Waals surface area (Å²) < 4.78 is 0. The highest BCUT2D eigenvalue weighted by Crippen LogP contribution is 2.24. The minimum absolute atomic E-state index is 0.00538. The number of benzene rings is 1. The largest absolute Gasteiger partial charge is 0.480 e. The Balaban J connectivity index is 2.22. The van der Waals surface area contributed by atoms with Gasteiger partial charge in [-0.05, 0) is 18.1 Å². The monoisotopic (exact) mass is 347 g/mol. The first-order chi connectivity index (χ1) is 11.8. The van der Waals surface area contributed by atoms with Crippen LogP contribution >= 0.6 is 0 Å². The van der Waals surface area contributed by atoms with Crippen molar-refractivity contribution in [2.24, 2.45) is 11.0 Å². The highest BCUT2D eigenvalue weighted by molar-refractivity contribution is 6.40. The van der Waals surface area contributed by atoms with Crippen molar-refractivity contribution in [3.8, 4) is 0 Å².